The van der Waals surface area contributed by atoms with E-state index in [0.717, 1.165) is 23.6 Å². The fraction of sp³-hybridized carbons (Fsp3) is 0.300. The molecule has 0 radical (unpaired) electrons. The van der Waals surface area contributed by atoms with Crippen LogP contribution in [0, 0.1) is 0 Å². The number of amides is 2. The van der Waals surface area contributed by atoms with Gasteiger partial charge < -0.3 is 15.0 Å². The molecule has 1 fully saturated rings. The highest BCUT2D eigenvalue weighted by Gasteiger charge is 2.25. The van der Waals surface area contributed by atoms with Crippen LogP contribution >= 0.6 is 0 Å². The Hall–Kier alpha value is -2.82. The van der Waals surface area contributed by atoms with Gasteiger partial charge in [-0.25, -0.2) is 4.79 Å². The van der Waals surface area contributed by atoms with E-state index in [0.29, 0.717) is 18.7 Å². The van der Waals surface area contributed by atoms with Crippen LogP contribution in [0.1, 0.15) is 23.2 Å². The summed E-state index contributed by atoms with van der Waals surface area (Å²) < 4.78 is 5.05. The molecule has 0 aromatic heterocycles. The van der Waals surface area contributed by atoms with E-state index in [1.807, 2.05) is 42.5 Å². The molecule has 0 atom stereocenters. The van der Waals surface area contributed by atoms with Crippen LogP contribution in [0.4, 0.5) is 4.79 Å². The van der Waals surface area contributed by atoms with Gasteiger partial charge in [0.15, 0.2) is 0 Å². The highest BCUT2D eigenvalue weighted by Crippen LogP contribution is 2.19. The highest BCUT2D eigenvalue weighted by atomic mass is 16.6. The number of hydrogen-bond donors (Lipinski definition) is 1. The second-order valence-corrected chi connectivity index (χ2v) is 6.13. The molecule has 1 aliphatic heterocycles. The van der Waals surface area contributed by atoms with Gasteiger partial charge >= 0.3 is 6.09 Å². The normalized spacial score (nSPS) is 15.0. The molecule has 25 heavy (non-hydrogen) atoms. The quantitative estimate of drug-likeness (QED) is 0.870. The Morgan fingerprint density at radius 3 is 2.64 bits per heavy atom. The van der Waals surface area contributed by atoms with Crippen molar-refractivity contribution >= 4 is 22.8 Å². The summed E-state index contributed by atoms with van der Waals surface area (Å²) >= 11 is 0. The lowest BCUT2D eigenvalue weighted by Crippen LogP contribution is -2.46. The second kappa shape index (κ2) is 7.83. The SMILES string of the molecule is C=CCOC(=O)N1CCC(NC(=O)c2cccc3ccccc23)CC1. The molecule has 5 nitrogen and oxygen atoms in total. The molecule has 3 rings (SSSR count). The van der Waals surface area contributed by atoms with Gasteiger partial charge in [-0.1, -0.05) is 49.1 Å². The molecule has 0 spiro atoms. The zero-order valence-corrected chi connectivity index (χ0v) is 14.1. The van der Waals surface area contributed by atoms with Crippen molar-refractivity contribution in [3.8, 4) is 0 Å². The van der Waals surface area contributed by atoms with E-state index in [4.69, 9.17) is 4.74 Å². The molecule has 5 heteroatoms. The summed E-state index contributed by atoms with van der Waals surface area (Å²) in [5, 5.41) is 5.10. The minimum absolute atomic E-state index is 0.0647. The van der Waals surface area contributed by atoms with Gasteiger partial charge in [0.05, 0.1) is 0 Å². The molecule has 1 aliphatic rings. The minimum Gasteiger partial charge on any atom is -0.445 e. The van der Waals surface area contributed by atoms with Crippen LogP contribution < -0.4 is 5.32 Å². The first kappa shape index (κ1) is 17.0. The molecule has 2 aromatic rings. The van der Waals surface area contributed by atoms with Crippen molar-refractivity contribution in [2.75, 3.05) is 19.7 Å². The molecule has 130 valence electrons. The number of carbonyl (C=O) groups excluding carboxylic acids is 2. The smallest absolute Gasteiger partial charge is 0.410 e. The van der Waals surface area contributed by atoms with Crippen LogP contribution in [0.2, 0.25) is 0 Å². The van der Waals surface area contributed by atoms with Gasteiger partial charge in [-0.05, 0) is 29.7 Å². The molecular formula is C20H22N2O3. The van der Waals surface area contributed by atoms with E-state index in [1.165, 1.54) is 0 Å². The first-order valence-electron chi connectivity index (χ1n) is 8.50. The maximum atomic E-state index is 12.7. The number of likely N-dealkylation sites (tertiary alicyclic amines) is 1. The zero-order chi connectivity index (χ0) is 17.6. The number of hydrogen-bond acceptors (Lipinski definition) is 3. The Morgan fingerprint density at radius 1 is 1.16 bits per heavy atom. The number of rotatable bonds is 4. The summed E-state index contributed by atoms with van der Waals surface area (Å²) in [4.78, 5) is 26.1. The van der Waals surface area contributed by atoms with Crippen molar-refractivity contribution in [3.63, 3.8) is 0 Å². The van der Waals surface area contributed by atoms with Crippen molar-refractivity contribution in [2.45, 2.75) is 18.9 Å². The molecule has 1 heterocycles. The molecule has 1 N–H and O–H groups in total. The van der Waals surface area contributed by atoms with Gasteiger partial charge in [0.1, 0.15) is 6.61 Å². The van der Waals surface area contributed by atoms with Gasteiger partial charge in [-0.3, -0.25) is 4.79 Å². The van der Waals surface area contributed by atoms with Crippen molar-refractivity contribution in [1.29, 1.82) is 0 Å². The molecule has 2 amide bonds. The van der Waals surface area contributed by atoms with Crippen LogP contribution in [0.3, 0.4) is 0 Å². The van der Waals surface area contributed by atoms with Gasteiger partial charge in [0.2, 0.25) is 0 Å². The monoisotopic (exact) mass is 338 g/mol. The molecule has 1 saturated heterocycles. The molecule has 0 aliphatic carbocycles. The maximum Gasteiger partial charge on any atom is 0.410 e. The summed E-state index contributed by atoms with van der Waals surface area (Å²) in [6.07, 6.45) is 2.67. The van der Waals surface area contributed by atoms with Gasteiger partial charge in [-0.2, -0.15) is 0 Å². The average Bonchev–Trinajstić information content (AvgIpc) is 2.66. The minimum atomic E-state index is -0.321. The summed E-state index contributed by atoms with van der Waals surface area (Å²) in [6.45, 7) is 4.91. The van der Waals surface area contributed by atoms with Crippen molar-refractivity contribution in [1.82, 2.24) is 10.2 Å². The lowest BCUT2D eigenvalue weighted by molar-refractivity contribution is 0.0875. The Kier molecular flexibility index (Phi) is 5.33. The average molecular weight is 338 g/mol. The second-order valence-electron chi connectivity index (χ2n) is 6.13. The molecule has 2 aromatic carbocycles. The largest absolute Gasteiger partial charge is 0.445 e. The first-order chi connectivity index (χ1) is 12.2. The number of piperidine rings is 1. The van der Waals surface area contributed by atoms with Crippen molar-refractivity contribution < 1.29 is 14.3 Å². The number of nitrogens with zero attached hydrogens (tertiary/aromatic N) is 1. The fourth-order valence-corrected chi connectivity index (χ4v) is 3.11. The summed E-state index contributed by atoms with van der Waals surface area (Å²) in [6, 6.07) is 13.7. The fourth-order valence-electron chi connectivity index (χ4n) is 3.11. The standard InChI is InChI=1S/C20H22N2O3/c1-2-14-25-20(24)22-12-10-16(11-13-22)21-19(23)18-9-5-7-15-6-3-4-8-17(15)18/h2-9,16H,1,10-14H2,(H,21,23). The number of fused-ring (bicyclic) bond motifs is 1. The Morgan fingerprint density at radius 2 is 1.88 bits per heavy atom. The van der Waals surface area contributed by atoms with Crippen LogP contribution in [-0.4, -0.2) is 42.6 Å². The van der Waals surface area contributed by atoms with E-state index >= 15 is 0 Å². The molecule has 0 saturated carbocycles. The highest BCUT2D eigenvalue weighted by molar-refractivity contribution is 6.07. The van der Waals surface area contributed by atoms with Gasteiger partial charge in [0, 0.05) is 24.7 Å². The van der Waals surface area contributed by atoms with E-state index in [9.17, 15) is 9.59 Å². The van der Waals surface area contributed by atoms with Crippen LogP contribution in [0.15, 0.2) is 55.1 Å². The van der Waals surface area contributed by atoms with Crippen molar-refractivity contribution in [3.05, 3.63) is 60.7 Å². The Balaban J connectivity index is 1.59. The third kappa shape index (κ3) is 3.99. The Labute approximate surface area is 147 Å². The number of ether oxygens (including phenoxy) is 1. The zero-order valence-electron chi connectivity index (χ0n) is 14.1. The Bertz CT molecular complexity index is 774. The summed E-state index contributed by atoms with van der Waals surface area (Å²) in [5.41, 5.74) is 0.686. The van der Waals surface area contributed by atoms with Crippen LogP contribution in [0.25, 0.3) is 10.8 Å². The molecular weight excluding hydrogens is 316 g/mol. The number of nitrogens with one attached hydrogen (secondary N) is 1. The third-order valence-corrected chi connectivity index (χ3v) is 4.45. The lowest BCUT2D eigenvalue weighted by atomic mass is 10.0. The van der Waals surface area contributed by atoms with E-state index < -0.39 is 0 Å². The topological polar surface area (TPSA) is 58.6 Å². The summed E-state index contributed by atoms with van der Waals surface area (Å²) in [5.74, 6) is -0.0653. The molecule has 0 bridgehead atoms. The van der Waals surface area contributed by atoms with Gasteiger partial charge in [0.25, 0.3) is 5.91 Å². The first-order valence-corrected chi connectivity index (χ1v) is 8.50. The number of benzene rings is 2. The van der Waals surface area contributed by atoms with E-state index in [1.54, 1.807) is 11.0 Å². The third-order valence-electron chi connectivity index (χ3n) is 4.45. The lowest BCUT2D eigenvalue weighted by Gasteiger charge is -2.31. The van der Waals surface area contributed by atoms with Crippen molar-refractivity contribution in [2.24, 2.45) is 0 Å². The number of carbonyl (C=O) groups is 2. The summed E-state index contributed by atoms with van der Waals surface area (Å²) in [7, 11) is 0. The van der Waals surface area contributed by atoms with E-state index in [-0.39, 0.29) is 24.6 Å². The van der Waals surface area contributed by atoms with E-state index in [2.05, 4.69) is 11.9 Å². The van der Waals surface area contributed by atoms with Gasteiger partial charge in [-0.15, -0.1) is 0 Å². The van der Waals surface area contributed by atoms with Crippen LogP contribution in [-0.2, 0) is 4.74 Å². The predicted octanol–water partition coefficient (Wildman–Crippen LogP) is 3.36. The predicted molar refractivity (Wildman–Crippen MR) is 97.6 cm³/mol. The molecule has 0 unspecified atom stereocenters. The maximum absolute atomic E-state index is 12.7. The van der Waals surface area contributed by atoms with Crippen LogP contribution in [0.5, 0.6) is 0 Å².